The van der Waals surface area contributed by atoms with Crippen molar-refractivity contribution in [2.24, 2.45) is 5.73 Å². The molecule has 0 aliphatic rings. The third kappa shape index (κ3) is 3.35. The van der Waals surface area contributed by atoms with Crippen LogP contribution in [0.5, 0.6) is 0 Å². The fourth-order valence-electron chi connectivity index (χ4n) is 2.62. The van der Waals surface area contributed by atoms with E-state index in [1.807, 2.05) is 42.5 Å². The zero-order chi connectivity index (χ0) is 18.0. The second-order valence-corrected chi connectivity index (χ2v) is 5.48. The Morgan fingerprint density at radius 1 is 1.12 bits per heavy atom. The highest BCUT2D eigenvalue weighted by molar-refractivity contribution is 5.89. The summed E-state index contributed by atoms with van der Waals surface area (Å²) in [5, 5.41) is 15.9. The van der Waals surface area contributed by atoms with Gasteiger partial charge in [0.2, 0.25) is 0 Å². The second-order valence-electron chi connectivity index (χ2n) is 5.48. The summed E-state index contributed by atoms with van der Waals surface area (Å²) in [6.07, 6.45) is 1.34. The van der Waals surface area contributed by atoms with Crippen LogP contribution >= 0.6 is 0 Å². The molecule has 1 aromatic heterocycles. The first kappa shape index (κ1) is 16.3. The van der Waals surface area contributed by atoms with Gasteiger partial charge in [-0.15, -0.1) is 0 Å². The van der Waals surface area contributed by atoms with Crippen molar-refractivity contribution in [3.8, 4) is 16.8 Å². The quantitative estimate of drug-likeness (QED) is 0.680. The van der Waals surface area contributed by atoms with Crippen molar-refractivity contribution in [3.05, 3.63) is 66.0 Å². The van der Waals surface area contributed by atoms with Crippen molar-refractivity contribution in [2.75, 3.05) is 5.32 Å². The molecule has 2 aromatic carbocycles. The van der Waals surface area contributed by atoms with E-state index in [0.29, 0.717) is 11.4 Å². The third-order valence-electron chi connectivity index (χ3n) is 3.79. The number of aromatic carboxylic acids is 1. The van der Waals surface area contributed by atoms with E-state index in [9.17, 15) is 9.59 Å². The van der Waals surface area contributed by atoms with Crippen LogP contribution in [0.25, 0.3) is 16.8 Å². The van der Waals surface area contributed by atoms with Crippen molar-refractivity contribution in [3.63, 3.8) is 0 Å². The molecule has 0 saturated carbocycles. The van der Waals surface area contributed by atoms with Crippen LogP contribution in [0.2, 0.25) is 0 Å². The molecule has 0 bridgehead atoms. The smallest absolute Gasteiger partial charge is 0.339 e. The molecular weight excluding hydrogens is 320 g/mol. The Labute approximate surface area is 143 Å². The first-order valence-corrected chi connectivity index (χ1v) is 7.51. The van der Waals surface area contributed by atoms with Crippen LogP contribution in [-0.4, -0.2) is 26.9 Å². The lowest BCUT2D eigenvalue weighted by Gasteiger charge is -2.09. The van der Waals surface area contributed by atoms with E-state index in [0.717, 1.165) is 16.8 Å². The highest BCUT2D eigenvalue weighted by atomic mass is 16.4. The van der Waals surface area contributed by atoms with Gasteiger partial charge >= 0.3 is 12.0 Å². The van der Waals surface area contributed by atoms with Gasteiger partial charge in [0.05, 0.1) is 17.6 Å². The molecule has 4 N–H and O–H groups in total. The standard InChI is InChI=1S/C18H16N4O3/c1-11-16(17(23)24)10-20-22(11)15-7-3-5-13(9-15)12-4-2-6-14(8-12)21-18(19)25/h2-10H,1H3,(H,23,24)(H3,19,21,25). The normalized spacial score (nSPS) is 10.4. The minimum atomic E-state index is -1.01. The lowest BCUT2D eigenvalue weighted by atomic mass is 10.0. The van der Waals surface area contributed by atoms with Gasteiger partial charge in [-0.2, -0.15) is 5.10 Å². The molecule has 0 aliphatic heterocycles. The van der Waals surface area contributed by atoms with Crippen LogP contribution in [0, 0.1) is 6.92 Å². The molecule has 0 aliphatic carbocycles. The Bertz CT molecular complexity index is 962. The largest absolute Gasteiger partial charge is 0.478 e. The number of nitrogens with zero attached hydrogens (tertiary/aromatic N) is 2. The number of aromatic nitrogens is 2. The molecule has 25 heavy (non-hydrogen) atoms. The number of urea groups is 1. The van der Waals surface area contributed by atoms with Crippen LogP contribution in [0.15, 0.2) is 54.7 Å². The summed E-state index contributed by atoms with van der Waals surface area (Å²) < 4.78 is 1.58. The van der Waals surface area contributed by atoms with Crippen LogP contribution < -0.4 is 11.1 Å². The van der Waals surface area contributed by atoms with Crippen molar-refractivity contribution in [2.45, 2.75) is 6.92 Å². The molecule has 0 fully saturated rings. The highest BCUT2D eigenvalue weighted by Crippen LogP contribution is 2.25. The first-order valence-electron chi connectivity index (χ1n) is 7.51. The number of amides is 2. The van der Waals surface area contributed by atoms with E-state index in [2.05, 4.69) is 10.4 Å². The average Bonchev–Trinajstić information content (AvgIpc) is 2.96. The Morgan fingerprint density at radius 3 is 2.44 bits per heavy atom. The number of carbonyl (C=O) groups is 2. The molecule has 0 unspecified atom stereocenters. The Kier molecular flexibility index (Phi) is 4.21. The van der Waals surface area contributed by atoms with Crippen LogP contribution in [-0.2, 0) is 0 Å². The van der Waals surface area contributed by atoms with E-state index in [4.69, 9.17) is 10.8 Å². The lowest BCUT2D eigenvalue weighted by Crippen LogP contribution is -2.19. The van der Waals surface area contributed by atoms with Gasteiger partial charge in [-0.05, 0) is 42.3 Å². The van der Waals surface area contributed by atoms with E-state index in [1.165, 1.54) is 6.20 Å². The number of carboxylic acids is 1. The van der Waals surface area contributed by atoms with Crippen LogP contribution in [0.4, 0.5) is 10.5 Å². The number of benzene rings is 2. The molecule has 1 heterocycles. The molecule has 0 saturated heterocycles. The van der Waals surface area contributed by atoms with Crippen molar-refractivity contribution in [1.29, 1.82) is 0 Å². The highest BCUT2D eigenvalue weighted by Gasteiger charge is 2.14. The number of nitrogens with one attached hydrogen (secondary N) is 1. The van der Waals surface area contributed by atoms with Crippen molar-refractivity contribution >= 4 is 17.7 Å². The minimum Gasteiger partial charge on any atom is -0.478 e. The molecule has 0 spiro atoms. The van der Waals surface area contributed by atoms with Crippen molar-refractivity contribution in [1.82, 2.24) is 9.78 Å². The van der Waals surface area contributed by atoms with Gasteiger partial charge in [0, 0.05) is 5.69 Å². The Balaban J connectivity index is 2.00. The number of carbonyl (C=O) groups excluding carboxylic acids is 1. The Hall–Kier alpha value is -3.61. The molecular formula is C18H16N4O3. The average molecular weight is 336 g/mol. The summed E-state index contributed by atoms with van der Waals surface area (Å²) in [7, 11) is 0. The Morgan fingerprint density at radius 2 is 1.80 bits per heavy atom. The maximum Gasteiger partial charge on any atom is 0.339 e. The maximum atomic E-state index is 11.2. The SMILES string of the molecule is Cc1c(C(=O)O)cnn1-c1cccc(-c2cccc(NC(N)=O)c2)c1. The predicted octanol–water partition coefficient (Wildman–Crippen LogP) is 3.04. The number of primary amides is 1. The monoisotopic (exact) mass is 336 g/mol. The van der Waals surface area contributed by atoms with Gasteiger partial charge in [-0.1, -0.05) is 24.3 Å². The number of nitrogens with two attached hydrogens (primary N) is 1. The molecule has 2 amide bonds. The summed E-state index contributed by atoms with van der Waals surface area (Å²) in [6.45, 7) is 1.71. The topological polar surface area (TPSA) is 110 Å². The molecule has 126 valence electrons. The zero-order valence-corrected chi connectivity index (χ0v) is 13.4. The first-order chi connectivity index (χ1) is 12.0. The van der Waals surface area contributed by atoms with Crippen molar-refractivity contribution < 1.29 is 14.7 Å². The zero-order valence-electron chi connectivity index (χ0n) is 13.4. The summed E-state index contributed by atoms with van der Waals surface area (Å²) >= 11 is 0. The molecule has 3 aromatic rings. The van der Waals surface area contributed by atoms with E-state index >= 15 is 0 Å². The minimum absolute atomic E-state index is 0.165. The predicted molar refractivity (Wildman–Crippen MR) is 93.9 cm³/mol. The maximum absolute atomic E-state index is 11.2. The number of rotatable bonds is 4. The summed E-state index contributed by atoms with van der Waals surface area (Å²) in [4.78, 5) is 22.2. The fraction of sp³-hybridized carbons (Fsp3) is 0.0556. The van der Waals surface area contributed by atoms with Gasteiger partial charge in [-0.25, -0.2) is 14.3 Å². The summed E-state index contributed by atoms with van der Waals surface area (Å²) in [5.41, 5.74) is 8.99. The van der Waals surface area contributed by atoms with Gasteiger partial charge in [0.1, 0.15) is 5.56 Å². The van der Waals surface area contributed by atoms with Crippen LogP contribution in [0.1, 0.15) is 16.1 Å². The van der Waals surface area contributed by atoms with E-state index < -0.39 is 12.0 Å². The van der Waals surface area contributed by atoms with E-state index in [1.54, 1.807) is 17.7 Å². The molecule has 3 rings (SSSR count). The van der Waals surface area contributed by atoms with Gasteiger partial charge in [-0.3, -0.25) is 0 Å². The molecule has 0 atom stereocenters. The number of hydrogen-bond acceptors (Lipinski definition) is 3. The van der Waals surface area contributed by atoms with Gasteiger partial charge in [0.25, 0.3) is 0 Å². The lowest BCUT2D eigenvalue weighted by molar-refractivity contribution is 0.0696. The molecule has 0 radical (unpaired) electrons. The molecule has 7 nitrogen and oxygen atoms in total. The summed E-state index contributed by atoms with van der Waals surface area (Å²) in [5.74, 6) is -1.01. The number of anilines is 1. The summed E-state index contributed by atoms with van der Waals surface area (Å²) in [6, 6.07) is 14.2. The second kappa shape index (κ2) is 6.48. The van der Waals surface area contributed by atoms with E-state index in [-0.39, 0.29) is 5.56 Å². The third-order valence-corrected chi connectivity index (χ3v) is 3.79. The van der Waals surface area contributed by atoms with Gasteiger partial charge in [0.15, 0.2) is 0 Å². The molecule has 7 heteroatoms. The number of hydrogen-bond donors (Lipinski definition) is 3. The number of carboxylic acid groups (broad SMARTS) is 1. The fourth-order valence-corrected chi connectivity index (χ4v) is 2.62. The van der Waals surface area contributed by atoms with Gasteiger partial charge < -0.3 is 16.2 Å². The van der Waals surface area contributed by atoms with Crippen LogP contribution in [0.3, 0.4) is 0 Å².